The van der Waals surface area contributed by atoms with E-state index in [4.69, 9.17) is 9.72 Å². The molecule has 8 heteroatoms. The molecule has 2 N–H and O–H groups in total. The van der Waals surface area contributed by atoms with Crippen LogP contribution in [0.3, 0.4) is 0 Å². The summed E-state index contributed by atoms with van der Waals surface area (Å²) in [5.74, 6) is 0.671. The van der Waals surface area contributed by atoms with Gasteiger partial charge < -0.3 is 15.4 Å². The van der Waals surface area contributed by atoms with Gasteiger partial charge in [-0.25, -0.2) is 12.4 Å². The summed E-state index contributed by atoms with van der Waals surface area (Å²) in [6.07, 6.45) is 6.15. The minimum Gasteiger partial charge on any atom is -0.492 e. The Labute approximate surface area is 228 Å². The van der Waals surface area contributed by atoms with Gasteiger partial charge in [0.25, 0.3) is 10.0 Å². The molecule has 6 rings (SSSR count). The van der Waals surface area contributed by atoms with Gasteiger partial charge in [-0.3, -0.25) is 4.98 Å². The molecule has 2 aromatic heterocycles. The second-order valence-electron chi connectivity index (χ2n) is 9.78. The number of aryl methyl sites for hydroxylation is 1. The largest absolute Gasteiger partial charge is 0.492 e. The van der Waals surface area contributed by atoms with Gasteiger partial charge in [-0.05, 0) is 67.6 Å². The fourth-order valence-electron chi connectivity index (χ4n) is 5.36. The van der Waals surface area contributed by atoms with Crippen molar-refractivity contribution in [2.75, 3.05) is 31.6 Å². The fourth-order valence-corrected chi connectivity index (χ4v) is 6.73. The van der Waals surface area contributed by atoms with E-state index in [9.17, 15) is 8.42 Å². The Kier molecular flexibility index (Phi) is 7.22. The molecule has 0 amide bonds. The number of hydrogen-bond donors (Lipinski definition) is 2. The van der Waals surface area contributed by atoms with Gasteiger partial charge in [0.05, 0.1) is 15.9 Å². The molecule has 0 aliphatic heterocycles. The molecule has 5 aromatic rings. The number of nitrogens with one attached hydrogen (secondary N) is 2. The standard InChI is InChI=1S/C31H32N4O3S/c36-39(37,23-9-2-1-3-10-23)35-21-17-26-29(35)15-8-16-30(26)38-22-20-32-18-19-33-31-24-11-4-6-13-27(24)34-28-14-7-5-12-25(28)31/h1-4,6,8-11,13,15-17,21,32H,5,7,12,14,18-20,22H2,(H,33,34). The van der Waals surface area contributed by atoms with Crippen LogP contribution in [-0.2, 0) is 22.9 Å². The minimum atomic E-state index is -3.68. The number of rotatable bonds is 10. The van der Waals surface area contributed by atoms with Crippen molar-refractivity contribution in [3.05, 3.63) is 96.3 Å². The topological polar surface area (TPSA) is 85.2 Å². The zero-order valence-corrected chi connectivity index (χ0v) is 22.6. The van der Waals surface area contributed by atoms with Crippen molar-refractivity contribution in [2.24, 2.45) is 0 Å². The smallest absolute Gasteiger partial charge is 0.268 e. The summed E-state index contributed by atoms with van der Waals surface area (Å²) in [7, 11) is -3.68. The van der Waals surface area contributed by atoms with Crippen molar-refractivity contribution >= 4 is 37.5 Å². The Morgan fingerprint density at radius 3 is 2.54 bits per heavy atom. The Morgan fingerprint density at radius 1 is 0.821 bits per heavy atom. The summed E-state index contributed by atoms with van der Waals surface area (Å²) < 4.78 is 33.6. The third-order valence-corrected chi connectivity index (χ3v) is 8.97. The maximum Gasteiger partial charge on any atom is 0.268 e. The number of pyridine rings is 1. The molecule has 0 spiro atoms. The lowest BCUT2D eigenvalue weighted by atomic mass is 9.92. The van der Waals surface area contributed by atoms with Gasteiger partial charge in [-0.2, -0.15) is 0 Å². The molecule has 0 bridgehead atoms. The van der Waals surface area contributed by atoms with Crippen LogP contribution in [-0.4, -0.2) is 43.6 Å². The van der Waals surface area contributed by atoms with E-state index in [0.717, 1.165) is 36.8 Å². The maximum atomic E-state index is 13.1. The van der Waals surface area contributed by atoms with Gasteiger partial charge in [0, 0.05) is 48.0 Å². The van der Waals surface area contributed by atoms with Crippen molar-refractivity contribution in [1.82, 2.24) is 14.3 Å². The normalized spacial score (nSPS) is 13.4. The lowest BCUT2D eigenvalue weighted by Gasteiger charge is -2.21. The molecule has 39 heavy (non-hydrogen) atoms. The molecule has 3 aromatic carbocycles. The number of hydrogen-bond acceptors (Lipinski definition) is 6. The van der Waals surface area contributed by atoms with Crippen molar-refractivity contribution < 1.29 is 13.2 Å². The molecule has 200 valence electrons. The van der Waals surface area contributed by atoms with Gasteiger partial charge in [0.15, 0.2) is 0 Å². The van der Waals surface area contributed by atoms with Crippen LogP contribution < -0.4 is 15.4 Å². The third-order valence-electron chi connectivity index (χ3n) is 7.27. The van der Waals surface area contributed by atoms with Crippen LogP contribution in [0.4, 0.5) is 5.69 Å². The molecule has 0 fully saturated rings. The number of ether oxygens (including phenoxy) is 1. The van der Waals surface area contributed by atoms with Crippen molar-refractivity contribution in [3.63, 3.8) is 0 Å². The second kappa shape index (κ2) is 11.1. The van der Waals surface area contributed by atoms with Gasteiger partial charge >= 0.3 is 0 Å². The molecule has 0 unspecified atom stereocenters. The minimum absolute atomic E-state index is 0.256. The lowest BCUT2D eigenvalue weighted by molar-refractivity contribution is 0.318. The second-order valence-corrected chi connectivity index (χ2v) is 11.6. The number of aromatic nitrogens is 2. The first-order valence-corrected chi connectivity index (χ1v) is 15.0. The number of fused-ring (bicyclic) bond motifs is 3. The Bertz CT molecular complexity index is 1710. The van der Waals surface area contributed by atoms with E-state index in [1.54, 1.807) is 48.7 Å². The summed E-state index contributed by atoms with van der Waals surface area (Å²) in [5.41, 5.74) is 5.50. The van der Waals surface area contributed by atoms with Crippen LogP contribution in [0.2, 0.25) is 0 Å². The van der Waals surface area contributed by atoms with Crippen LogP contribution in [0, 0.1) is 0 Å². The first-order valence-electron chi connectivity index (χ1n) is 13.5. The monoisotopic (exact) mass is 540 g/mol. The summed E-state index contributed by atoms with van der Waals surface area (Å²) in [5, 5.41) is 9.09. The molecule has 1 aliphatic rings. The number of anilines is 1. The summed E-state index contributed by atoms with van der Waals surface area (Å²) in [6.45, 7) is 2.75. The van der Waals surface area contributed by atoms with E-state index in [-0.39, 0.29) is 4.90 Å². The predicted octanol–water partition coefficient (Wildman–Crippen LogP) is 5.39. The molecular formula is C31H32N4O3S. The van der Waals surface area contributed by atoms with Gasteiger partial charge in [0.2, 0.25) is 0 Å². The van der Waals surface area contributed by atoms with Crippen LogP contribution in [0.1, 0.15) is 24.1 Å². The Balaban J connectivity index is 1.05. The quantitative estimate of drug-likeness (QED) is 0.231. The molecule has 0 saturated heterocycles. The summed E-state index contributed by atoms with van der Waals surface area (Å²) in [4.78, 5) is 5.18. The summed E-state index contributed by atoms with van der Waals surface area (Å²) in [6, 6.07) is 24.1. The molecule has 2 heterocycles. The van der Waals surface area contributed by atoms with Gasteiger partial charge in [0.1, 0.15) is 12.4 Å². The van der Waals surface area contributed by atoms with E-state index < -0.39 is 10.0 Å². The molecule has 7 nitrogen and oxygen atoms in total. The molecule has 0 saturated carbocycles. The van der Waals surface area contributed by atoms with Crippen LogP contribution in [0.15, 0.2) is 90.0 Å². The highest BCUT2D eigenvalue weighted by Crippen LogP contribution is 2.33. The lowest BCUT2D eigenvalue weighted by Crippen LogP contribution is -2.27. The van der Waals surface area contributed by atoms with Crippen LogP contribution in [0.25, 0.3) is 21.8 Å². The SMILES string of the molecule is O=S(=O)(c1ccccc1)n1ccc2c(OCCNCCNc3c4c(nc5ccccc35)CCCC4)cccc21. The maximum absolute atomic E-state index is 13.1. The average molecular weight is 541 g/mol. The molecule has 1 aliphatic carbocycles. The highest BCUT2D eigenvalue weighted by Gasteiger charge is 2.20. The predicted molar refractivity (Wildman–Crippen MR) is 156 cm³/mol. The zero-order chi connectivity index (χ0) is 26.7. The zero-order valence-electron chi connectivity index (χ0n) is 21.8. The molecular weight excluding hydrogens is 508 g/mol. The van der Waals surface area contributed by atoms with Crippen LogP contribution >= 0.6 is 0 Å². The first kappa shape index (κ1) is 25.4. The molecule has 0 atom stereocenters. The Hall–Kier alpha value is -3.88. The number of nitrogens with zero attached hydrogens (tertiary/aromatic N) is 2. The number of benzene rings is 3. The van der Waals surface area contributed by atoms with E-state index >= 15 is 0 Å². The Morgan fingerprint density at radius 2 is 1.64 bits per heavy atom. The number of para-hydroxylation sites is 1. The highest BCUT2D eigenvalue weighted by molar-refractivity contribution is 7.90. The average Bonchev–Trinajstić information content (AvgIpc) is 3.42. The van der Waals surface area contributed by atoms with E-state index in [1.165, 1.54) is 39.1 Å². The molecule has 0 radical (unpaired) electrons. The third kappa shape index (κ3) is 5.10. The van der Waals surface area contributed by atoms with E-state index in [2.05, 4.69) is 28.8 Å². The van der Waals surface area contributed by atoms with Crippen LogP contribution in [0.5, 0.6) is 5.75 Å². The fraction of sp³-hybridized carbons (Fsp3) is 0.258. The van der Waals surface area contributed by atoms with Crippen molar-refractivity contribution in [2.45, 2.75) is 30.6 Å². The van der Waals surface area contributed by atoms with E-state index in [0.29, 0.717) is 24.4 Å². The first-order chi connectivity index (χ1) is 19.1. The summed E-state index contributed by atoms with van der Waals surface area (Å²) >= 11 is 0. The highest BCUT2D eigenvalue weighted by atomic mass is 32.2. The van der Waals surface area contributed by atoms with Gasteiger partial charge in [-0.15, -0.1) is 0 Å². The van der Waals surface area contributed by atoms with Crippen molar-refractivity contribution in [1.29, 1.82) is 0 Å². The van der Waals surface area contributed by atoms with E-state index in [1.807, 2.05) is 18.2 Å². The van der Waals surface area contributed by atoms with Crippen molar-refractivity contribution in [3.8, 4) is 5.75 Å². The van der Waals surface area contributed by atoms with Gasteiger partial charge in [-0.1, -0.05) is 42.5 Å².